The van der Waals surface area contributed by atoms with Crippen molar-refractivity contribution in [2.75, 3.05) is 7.11 Å². The number of fused-ring (bicyclic) bond motifs is 3. The van der Waals surface area contributed by atoms with Crippen molar-refractivity contribution in [1.82, 2.24) is 23.1 Å². The fraction of sp³-hybridized carbons (Fsp3) is 0.350. The zero-order chi connectivity index (χ0) is 20.2. The summed E-state index contributed by atoms with van der Waals surface area (Å²) < 4.78 is 11.8. The SMILES string of the molecule is CCn1c(=O)c2c(nc3n(Cc4ccc(OC)cc4)c(C)c(C)n23)n(C)c1=O. The van der Waals surface area contributed by atoms with Gasteiger partial charge in [-0.2, -0.15) is 4.98 Å². The minimum Gasteiger partial charge on any atom is -0.497 e. The molecule has 0 aliphatic rings. The van der Waals surface area contributed by atoms with Gasteiger partial charge in [-0.1, -0.05) is 12.1 Å². The van der Waals surface area contributed by atoms with Gasteiger partial charge in [0.05, 0.1) is 13.7 Å². The molecule has 0 N–H and O–H groups in total. The fourth-order valence-corrected chi connectivity index (χ4v) is 3.70. The Morgan fingerprint density at radius 2 is 1.71 bits per heavy atom. The van der Waals surface area contributed by atoms with Crippen molar-refractivity contribution >= 4 is 16.9 Å². The zero-order valence-corrected chi connectivity index (χ0v) is 16.7. The Hall–Kier alpha value is -3.29. The number of rotatable bonds is 4. The topological polar surface area (TPSA) is 75.5 Å². The minimum absolute atomic E-state index is 0.308. The lowest BCUT2D eigenvalue weighted by atomic mass is 10.2. The van der Waals surface area contributed by atoms with Crippen LogP contribution in [0.1, 0.15) is 23.9 Å². The number of imidazole rings is 2. The van der Waals surface area contributed by atoms with Crippen molar-refractivity contribution in [1.29, 1.82) is 0 Å². The van der Waals surface area contributed by atoms with Gasteiger partial charge in [-0.25, -0.2) is 4.79 Å². The highest BCUT2D eigenvalue weighted by Gasteiger charge is 2.22. The average molecular weight is 381 g/mol. The van der Waals surface area contributed by atoms with E-state index in [1.54, 1.807) is 21.1 Å². The first kappa shape index (κ1) is 18.1. The van der Waals surface area contributed by atoms with E-state index in [2.05, 4.69) is 9.55 Å². The number of methoxy groups -OCH3 is 1. The fourth-order valence-electron chi connectivity index (χ4n) is 3.70. The van der Waals surface area contributed by atoms with Crippen LogP contribution in [0.25, 0.3) is 16.9 Å². The van der Waals surface area contributed by atoms with Crippen LogP contribution in [0.15, 0.2) is 33.9 Å². The third-order valence-electron chi connectivity index (χ3n) is 5.45. The minimum atomic E-state index is -0.350. The molecule has 0 unspecified atom stereocenters. The molecule has 0 saturated heterocycles. The Morgan fingerprint density at radius 3 is 2.32 bits per heavy atom. The Labute approximate surface area is 161 Å². The number of hydrogen-bond donors (Lipinski definition) is 0. The smallest absolute Gasteiger partial charge is 0.332 e. The summed E-state index contributed by atoms with van der Waals surface area (Å²) in [6.45, 7) is 6.69. The molecule has 4 aromatic rings. The van der Waals surface area contributed by atoms with Gasteiger partial charge in [0, 0.05) is 25.0 Å². The first-order valence-electron chi connectivity index (χ1n) is 9.19. The van der Waals surface area contributed by atoms with Gasteiger partial charge in [0.2, 0.25) is 5.78 Å². The maximum atomic E-state index is 13.0. The molecule has 0 fully saturated rings. The molecule has 0 aliphatic heterocycles. The molecule has 3 aromatic heterocycles. The lowest BCUT2D eigenvalue weighted by molar-refractivity contribution is 0.414. The number of benzene rings is 1. The van der Waals surface area contributed by atoms with Crippen LogP contribution in [0, 0.1) is 13.8 Å². The summed E-state index contributed by atoms with van der Waals surface area (Å²) in [6, 6.07) is 7.85. The summed E-state index contributed by atoms with van der Waals surface area (Å²) in [4.78, 5) is 30.1. The molecule has 28 heavy (non-hydrogen) atoms. The second-order valence-electron chi connectivity index (χ2n) is 6.92. The van der Waals surface area contributed by atoms with E-state index < -0.39 is 0 Å². The van der Waals surface area contributed by atoms with Crippen molar-refractivity contribution in [2.45, 2.75) is 33.9 Å². The Kier molecular flexibility index (Phi) is 4.14. The molecule has 0 amide bonds. The molecule has 0 saturated carbocycles. The van der Waals surface area contributed by atoms with Gasteiger partial charge >= 0.3 is 5.69 Å². The first-order valence-corrected chi connectivity index (χ1v) is 9.19. The summed E-state index contributed by atoms with van der Waals surface area (Å²) in [5.41, 5.74) is 3.23. The van der Waals surface area contributed by atoms with Gasteiger partial charge in [-0.15, -0.1) is 0 Å². The predicted molar refractivity (Wildman–Crippen MR) is 107 cm³/mol. The van der Waals surface area contributed by atoms with Crippen LogP contribution < -0.4 is 16.0 Å². The Morgan fingerprint density at radius 1 is 1.04 bits per heavy atom. The van der Waals surface area contributed by atoms with Crippen LogP contribution in [0.3, 0.4) is 0 Å². The highest BCUT2D eigenvalue weighted by molar-refractivity contribution is 5.76. The van der Waals surface area contributed by atoms with E-state index in [4.69, 9.17) is 4.74 Å². The summed E-state index contributed by atoms with van der Waals surface area (Å²) in [5, 5.41) is 0. The van der Waals surface area contributed by atoms with Gasteiger partial charge in [-0.05, 0) is 38.5 Å². The standard InChI is InChI=1S/C20H23N5O3/c1-6-23-18(26)16-17(22(4)20(23)27)21-19-24(12(2)13(3)25(16)19)11-14-7-9-15(28-5)10-8-14/h7-10H,6,11H2,1-5H3. The maximum Gasteiger partial charge on any atom is 0.332 e. The first-order chi connectivity index (χ1) is 13.4. The van der Waals surface area contributed by atoms with Gasteiger partial charge in [0.15, 0.2) is 11.2 Å². The molecule has 0 spiro atoms. The number of ether oxygens (including phenoxy) is 1. The quantitative estimate of drug-likeness (QED) is 0.541. The number of nitrogens with zero attached hydrogens (tertiary/aromatic N) is 5. The van der Waals surface area contributed by atoms with Crippen LogP contribution in [0.2, 0.25) is 0 Å². The van der Waals surface area contributed by atoms with E-state index in [-0.39, 0.29) is 11.2 Å². The lowest BCUT2D eigenvalue weighted by Gasteiger charge is -2.08. The molecular formula is C20H23N5O3. The van der Waals surface area contributed by atoms with E-state index in [1.807, 2.05) is 42.5 Å². The highest BCUT2D eigenvalue weighted by Crippen LogP contribution is 2.22. The van der Waals surface area contributed by atoms with Crippen molar-refractivity contribution in [3.63, 3.8) is 0 Å². The van der Waals surface area contributed by atoms with E-state index in [1.165, 1.54) is 9.13 Å². The normalized spacial score (nSPS) is 11.6. The van der Waals surface area contributed by atoms with Crippen LogP contribution in [-0.4, -0.2) is 30.2 Å². The Bertz CT molecular complexity index is 1320. The second-order valence-corrected chi connectivity index (χ2v) is 6.92. The average Bonchev–Trinajstić information content (AvgIpc) is 3.19. The van der Waals surface area contributed by atoms with Gasteiger partial charge in [-0.3, -0.25) is 18.3 Å². The zero-order valence-electron chi connectivity index (χ0n) is 16.7. The summed E-state index contributed by atoms with van der Waals surface area (Å²) >= 11 is 0. The number of aromatic nitrogens is 5. The largest absolute Gasteiger partial charge is 0.497 e. The number of hydrogen-bond acceptors (Lipinski definition) is 4. The molecule has 4 rings (SSSR count). The third kappa shape index (κ3) is 2.41. The van der Waals surface area contributed by atoms with E-state index >= 15 is 0 Å². The Balaban J connectivity index is 2.00. The second kappa shape index (κ2) is 6.40. The van der Waals surface area contributed by atoms with Crippen molar-refractivity contribution in [3.05, 3.63) is 62.1 Å². The van der Waals surface area contributed by atoms with Gasteiger partial charge < -0.3 is 9.30 Å². The summed E-state index contributed by atoms with van der Waals surface area (Å²) in [5.74, 6) is 1.46. The maximum absolute atomic E-state index is 13.0. The predicted octanol–water partition coefficient (Wildman–Crippen LogP) is 1.84. The molecule has 8 heteroatoms. The van der Waals surface area contributed by atoms with Crippen LogP contribution in [0.4, 0.5) is 0 Å². The van der Waals surface area contributed by atoms with Gasteiger partial charge in [0.25, 0.3) is 5.56 Å². The van der Waals surface area contributed by atoms with E-state index in [9.17, 15) is 9.59 Å². The molecular weight excluding hydrogens is 358 g/mol. The lowest BCUT2D eigenvalue weighted by Crippen LogP contribution is -2.38. The van der Waals surface area contributed by atoms with Crippen molar-refractivity contribution < 1.29 is 4.74 Å². The molecule has 3 heterocycles. The molecule has 8 nitrogen and oxygen atoms in total. The van der Waals surface area contributed by atoms with Crippen molar-refractivity contribution in [2.24, 2.45) is 7.05 Å². The molecule has 1 aromatic carbocycles. The monoisotopic (exact) mass is 381 g/mol. The molecule has 0 atom stereocenters. The summed E-state index contributed by atoms with van der Waals surface area (Å²) in [7, 11) is 3.29. The van der Waals surface area contributed by atoms with E-state index in [0.29, 0.717) is 30.0 Å². The molecule has 146 valence electrons. The van der Waals surface area contributed by atoms with Gasteiger partial charge in [0.1, 0.15) is 5.75 Å². The molecule has 0 radical (unpaired) electrons. The molecule has 0 aliphatic carbocycles. The van der Waals surface area contributed by atoms with E-state index in [0.717, 1.165) is 22.7 Å². The molecule has 0 bridgehead atoms. The highest BCUT2D eigenvalue weighted by atomic mass is 16.5. The van der Waals surface area contributed by atoms with Crippen molar-refractivity contribution in [3.8, 4) is 5.75 Å². The van der Waals surface area contributed by atoms with Crippen LogP contribution >= 0.6 is 0 Å². The van der Waals surface area contributed by atoms with Crippen LogP contribution in [-0.2, 0) is 20.1 Å². The summed E-state index contributed by atoms with van der Waals surface area (Å²) in [6.07, 6.45) is 0. The third-order valence-corrected chi connectivity index (χ3v) is 5.45. The van der Waals surface area contributed by atoms with Crippen LogP contribution in [0.5, 0.6) is 5.75 Å². The number of aryl methyl sites for hydroxylation is 2.